The van der Waals surface area contributed by atoms with Gasteiger partial charge in [-0.3, -0.25) is 0 Å². The van der Waals surface area contributed by atoms with Gasteiger partial charge in [0.1, 0.15) is 24.5 Å². The topological polar surface area (TPSA) is 111 Å². The van der Waals surface area contributed by atoms with Crippen LogP contribution in [0.5, 0.6) is 0 Å². The summed E-state index contributed by atoms with van der Waals surface area (Å²) in [4.78, 5) is 25.4. The number of ether oxygens (including phenoxy) is 2. The number of rotatable bonds is 8. The van der Waals surface area contributed by atoms with Crippen LogP contribution in [0.3, 0.4) is 0 Å². The van der Waals surface area contributed by atoms with Gasteiger partial charge < -0.3 is 34.9 Å². The SMILES string of the molecule is C[Si](C)(C)CCOCn1c(-c2ccc(C3CNCCN3C(N)=O)cc2)cc2c(N3CCOCC3)ncnc21. The highest BCUT2D eigenvalue weighted by molar-refractivity contribution is 6.76. The molecule has 11 heteroatoms. The Bertz CT molecular complexity index is 1250. The first-order chi connectivity index (χ1) is 18.3. The summed E-state index contributed by atoms with van der Waals surface area (Å²) in [6, 6.07) is 11.2. The van der Waals surface area contributed by atoms with Gasteiger partial charge in [-0.1, -0.05) is 43.9 Å². The van der Waals surface area contributed by atoms with Crippen molar-refractivity contribution in [2.75, 3.05) is 57.4 Å². The van der Waals surface area contributed by atoms with Crippen molar-refractivity contribution in [3.8, 4) is 11.3 Å². The summed E-state index contributed by atoms with van der Waals surface area (Å²) in [7, 11) is -1.20. The summed E-state index contributed by atoms with van der Waals surface area (Å²) in [6.07, 6.45) is 1.65. The number of aromatic nitrogens is 3. The highest BCUT2D eigenvalue weighted by Gasteiger charge is 2.27. The van der Waals surface area contributed by atoms with Crippen molar-refractivity contribution in [3.63, 3.8) is 0 Å². The molecule has 204 valence electrons. The highest BCUT2D eigenvalue weighted by Crippen LogP contribution is 2.33. The average Bonchev–Trinajstić information content (AvgIpc) is 3.30. The number of nitrogens with zero attached hydrogens (tertiary/aromatic N) is 5. The molecule has 4 heterocycles. The molecule has 2 aliphatic heterocycles. The highest BCUT2D eigenvalue weighted by atomic mass is 28.3. The van der Waals surface area contributed by atoms with E-state index in [0.29, 0.717) is 33.0 Å². The summed E-state index contributed by atoms with van der Waals surface area (Å²) in [5.74, 6) is 0.933. The lowest BCUT2D eigenvalue weighted by Crippen LogP contribution is -2.50. The molecule has 0 bridgehead atoms. The molecule has 3 N–H and O–H groups in total. The third-order valence-electron chi connectivity index (χ3n) is 7.31. The molecule has 1 atom stereocenters. The molecule has 2 amide bonds. The van der Waals surface area contributed by atoms with Gasteiger partial charge in [-0.15, -0.1) is 0 Å². The average molecular weight is 538 g/mol. The van der Waals surface area contributed by atoms with E-state index in [-0.39, 0.29) is 12.1 Å². The first-order valence-corrected chi connectivity index (χ1v) is 17.1. The van der Waals surface area contributed by atoms with Gasteiger partial charge in [-0.25, -0.2) is 14.8 Å². The van der Waals surface area contributed by atoms with Gasteiger partial charge in [0.25, 0.3) is 0 Å². The van der Waals surface area contributed by atoms with E-state index >= 15 is 0 Å². The van der Waals surface area contributed by atoms with E-state index in [9.17, 15) is 4.79 Å². The maximum Gasteiger partial charge on any atom is 0.315 e. The minimum absolute atomic E-state index is 0.0788. The van der Waals surface area contributed by atoms with E-state index < -0.39 is 8.07 Å². The van der Waals surface area contributed by atoms with Gasteiger partial charge in [0.15, 0.2) is 0 Å². The number of carbonyl (C=O) groups excluding carboxylic acids is 1. The van der Waals surface area contributed by atoms with Crippen LogP contribution in [0.4, 0.5) is 10.6 Å². The number of amides is 2. The van der Waals surface area contributed by atoms with Gasteiger partial charge in [-0.05, 0) is 23.2 Å². The molecule has 5 rings (SSSR count). The van der Waals surface area contributed by atoms with Crippen LogP contribution < -0.4 is 16.0 Å². The van der Waals surface area contributed by atoms with Crippen molar-refractivity contribution < 1.29 is 14.3 Å². The van der Waals surface area contributed by atoms with Crippen molar-refractivity contribution >= 4 is 31.0 Å². The standard InChI is InChI=1S/C27H39N7O3Si/c1-38(2,3)15-14-37-19-34-23(16-22-25(30-18-31-26(22)34)32-10-12-36-13-11-32)20-4-6-21(7-5-20)24-17-29-8-9-33(24)27(28)35/h4-7,16,18,24,29H,8-15,17,19H2,1-3H3,(H2,28,35). The van der Waals surface area contributed by atoms with E-state index in [1.54, 1.807) is 11.2 Å². The predicted octanol–water partition coefficient (Wildman–Crippen LogP) is 3.27. The Morgan fingerprint density at radius 3 is 2.63 bits per heavy atom. The lowest BCUT2D eigenvalue weighted by molar-refractivity contribution is 0.0909. The third kappa shape index (κ3) is 5.85. The summed E-state index contributed by atoms with van der Waals surface area (Å²) in [6.45, 7) is 13.3. The Morgan fingerprint density at radius 1 is 1.16 bits per heavy atom. The Balaban J connectivity index is 1.48. The molecular formula is C27H39N7O3Si. The number of fused-ring (bicyclic) bond motifs is 1. The Kier molecular flexibility index (Phi) is 7.98. The number of hydrogen-bond donors (Lipinski definition) is 2. The normalized spacial score (nSPS) is 18.8. The van der Waals surface area contributed by atoms with Crippen LogP contribution in [-0.4, -0.2) is 86.1 Å². The number of morpholine rings is 1. The Morgan fingerprint density at radius 2 is 1.92 bits per heavy atom. The fourth-order valence-corrected chi connectivity index (χ4v) is 5.88. The molecule has 0 saturated carbocycles. The molecule has 0 radical (unpaired) electrons. The van der Waals surface area contributed by atoms with Crippen LogP contribution in [-0.2, 0) is 16.2 Å². The van der Waals surface area contributed by atoms with Crippen LogP contribution in [0.2, 0.25) is 25.7 Å². The molecule has 2 saturated heterocycles. The first-order valence-electron chi connectivity index (χ1n) is 13.4. The molecular weight excluding hydrogens is 498 g/mol. The van der Waals surface area contributed by atoms with Crippen molar-refractivity contribution in [3.05, 3.63) is 42.2 Å². The molecule has 1 unspecified atom stereocenters. The van der Waals surface area contributed by atoms with Gasteiger partial charge in [0, 0.05) is 47.4 Å². The molecule has 0 spiro atoms. The predicted molar refractivity (Wildman–Crippen MR) is 152 cm³/mol. The number of carbonyl (C=O) groups is 1. The zero-order valence-electron chi connectivity index (χ0n) is 22.7. The minimum Gasteiger partial charge on any atom is -0.378 e. The molecule has 2 fully saturated rings. The molecule has 2 aromatic heterocycles. The first kappa shape index (κ1) is 26.6. The summed E-state index contributed by atoms with van der Waals surface area (Å²) < 4.78 is 13.9. The minimum atomic E-state index is -1.20. The molecule has 10 nitrogen and oxygen atoms in total. The Labute approximate surface area is 225 Å². The lowest BCUT2D eigenvalue weighted by Gasteiger charge is -2.35. The van der Waals surface area contributed by atoms with Gasteiger partial charge in [-0.2, -0.15) is 0 Å². The number of hydrogen-bond acceptors (Lipinski definition) is 7. The van der Waals surface area contributed by atoms with Crippen molar-refractivity contribution in [2.45, 2.75) is 38.5 Å². The van der Waals surface area contributed by atoms with E-state index in [1.807, 2.05) is 0 Å². The quantitative estimate of drug-likeness (QED) is 0.335. The third-order valence-corrected chi connectivity index (χ3v) is 9.02. The van der Waals surface area contributed by atoms with Crippen LogP contribution >= 0.6 is 0 Å². The molecule has 0 aliphatic carbocycles. The second-order valence-electron chi connectivity index (χ2n) is 11.2. The molecule has 2 aliphatic rings. The second-order valence-corrected chi connectivity index (χ2v) is 16.8. The van der Waals surface area contributed by atoms with Crippen molar-refractivity contribution in [1.29, 1.82) is 0 Å². The maximum atomic E-state index is 12.0. The summed E-state index contributed by atoms with van der Waals surface area (Å²) in [5, 5.41) is 4.38. The fraction of sp³-hybridized carbons (Fsp3) is 0.519. The van der Waals surface area contributed by atoms with E-state index in [0.717, 1.165) is 66.0 Å². The van der Waals surface area contributed by atoms with Gasteiger partial charge in [0.2, 0.25) is 0 Å². The number of benzene rings is 1. The fourth-order valence-electron chi connectivity index (χ4n) is 5.12. The van der Waals surface area contributed by atoms with E-state index in [1.165, 1.54) is 0 Å². The van der Waals surface area contributed by atoms with Gasteiger partial charge >= 0.3 is 6.03 Å². The monoisotopic (exact) mass is 537 g/mol. The molecule has 38 heavy (non-hydrogen) atoms. The van der Waals surface area contributed by atoms with Crippen molar-refractivity contribution in [2.24, 2.45) is 5.73 Å². The lowest BCUT2D eigenvalue weighted by atomic mass is 10.0. The van der Waals surface area contributed by atoms with Crippen LogP contribution in [0.25, 0.3) is 22.3 Å². The largest absolute Gasteiger partial charge is 0.378 e. The zero-order valence-corrected chi connectivity index (χ0v) is 23.7. The van der Waals surface area contributed by atoms with E-state index in [4.69, 9.17) is 15.2 Å². The van der Waals surface area contributed by atoms with Crippen LogP contribution in [0.15, 0.2) is 36.7 Å². The van der Waals surface area contributed by atoms with E-state index in [2.05, 4.69) is 74.7 Å². The number of urea groups is 1. The maximum absolute atomic E-state index is 12.0. The zero-order chi connectivity index (χ0) is 26.7. The number of nitrogens with one attached hydrogen (secondary N) is 1. The van der Waals surface area contributed by atoms with Crippen molar-refractivity contribution in [1.82, 2.24) is 24.8 Å². The van der Waals surface area contributed by atoms with Crippen LogP contribution in [0.1, 0.15) is 11.6 Å². The number of primary amides is 1. The van der Waals surface area contributed by atoms with Crippen LogP contribution in [0, 0.1) is 0 Å². The molecule has 3 aromatic rings. The number of nitrogens with two attached hydrogens (primary N) is 1. The summed E-state index contributed by atoms with van der Waals surface area (Å²) >= 11 is 0. The molecule has 1 aromatic carbocycles. The summed E-state index contributed by atoms with van der Waals surface area (Å²) in [5.41, 5.74) is 9.67. The van der Waals surface area contributed by atoms with Gasteiger partial charge in [0.05, 0.1) is 30.3 Å². The Hall–Kier alpha value is -2.99. The smallest absolute Gasteiger partial charge is 0.315 e. The second kappa shape index (κ2) is 11.4. The number of anilines is 1. The number of piperazine rings is 1.